The number of nitrogens with zero attached hydrogens (tertiary/aromatic N) is 1. The summed E-state index contributed by atoms with van der Waals surface area (Å²) >= 11 is 0. The summed E-state index contributed by atoms with van der Waals surface area (Å²) in [5.41, 5.74) is 1.86. The molecule has 0 bridgehead atoms. The van der Waals surface area contributed by atoms with E-state index in [1.165, 1.54) is 25.9 Å². The number of hydrogen-bond acceptors (Lipinski definition) is 2. The molecular formula is C14H21FN2. The summed E-state index contributed by atoms with van der Waals surface area (Å²) in [6, 6.07) is 5.09. The van der Waals surface area contributed by atoms with Gasteiger partial charge in [-0.1, -0.05) is 0 Å². The maximum Gasteiger partial charge on any atom is 0.125 e. The molecule has 1 heterocycles. The van der Waals surface area contributed by atoms with Crippen LogP contribution in [0.1, 0.15) is 24.8 Å². The summed E-state index contributed by atoms with van der Waals surface area (Å²) in [4.78, 5) is 2.50. The van der Waals surface area contributed by atoms with Crippen LogP contribution in [0.4, 0.5) is 10.1 Å². The average Bonchev–Trinajstić information content (AvgIpc) is 2.76. The number of rotatable bonds is 5. The Morgan fingerprint density at radius 2 is 2.00 bits per heavy atom. The first-order chi connectivity index (χ1) is 8.24. The van der Waals surface area contributed by atoms with Crippen LogP contribution in [0.5, 0.6) is 0 Å². The molecular weight excluding hydrogens is 215 g/mol. The summed E-state index contributed by atoms with van der Waals surface area (Å²) in [5, 5.41) is 3.28. The molecule has 2 rings (SSSR count). The zero-order chi connectivity index (χ0) is 12.1. The Morgan fingerprint density at radius 1 is 1.24 bits per heavy atom. The average molecular weight is 236 g/mol. The molecule has 1 aromatic carbocycles. The molecule has 0 saturated carbocycles. The number of likely N-dealkylation sites (tertiary alicyclic amines) is 1. The van der Waals surface area contributed by atoms with Crippen LogP contribution in [0.25, 0.3) is 0 Å². The summed E-state index contributed by atoms with van der Waals surface area (Å²) in [6.07, 6.45) is 3.81. The van der Waals surface area contributed by atoms with Crippen molar-refractivity contribution in [2.75, 3.05) is 31.5 Å². The Morgan fingerprint density at radius 3 is 2.71 bits per heavy atom. The van der Waals surface area contributed by atoms with Gasteiger partial charge in [-0.3, -0.25) is 0 Å². The van der Waals surface area contributed by atoms with Crippen LogP contribution in [0.2, 0.25) is 0 Å². The lowest BCUT2D eigenvalue weighted by molar-refractivity contribution is 0.337. The van der Waals surface area contributed by atoms with Crippen LogP contribution < -0.4 is 5.32 Å². The third-order valence-electron chi connectivity index (χ3n) is 3.22. The highest BCUT2D eigenvalue weighted by Crippen LogP contribution is 2.13. The molecule has 17 heavy (non-hydrogen) atoms. The molecule has 1 aliphatic heterocycles. The summed E-state index contributed by atoms with van der Waals surface area (Å²) in [7, 11) is 0. The monoisotopic (exact) mass is 236 g/mol. The molecule has 0 aliphatic carbocycles. The highest BCUT2D eigenvalue weighted by molar-refractivity contribution is 5.45. The van der Waals surface area contributed by atoms with E-state index in [1.54, 1.807) is 12.1 Å². The molecule has 3 heteroatoms. The minimum Gasteiger partial charge on any atom is -0.385 e. The van der Waals surface area contributed by atoms with Gasteiger partial charge < -0.3 is 10.2 Å². The van der Waals surface area contributed by atoms with Crippen LogP contribution in [0.15, 0.2) is 18.2 Å². The second-order valence-electron chi connectivity index (χ2n) is 4.85. The van der Waals surface area contributed by atoms with E-state index >= 15 is 0 Å². The van der Waals surface area contributed by atoms with Crippen LogP contribution >= 0.6 is 0 Å². The van der Waals surface area contributed by atoms with E-state index in [9.17, 15) is 4.39 Å². The predicted molar refractivity (Wildman–Crippen MR) is 69.9 cm³/mol. The normalized spacial score (nSPS) is 16.4. The molecule has 2 nitrogen and oxygen atoms in total. The Labute approximate surface area is 103 Å². The van der Waals surface area contributed by atoms with Crippen molar-refractivity contribution >= 4 is 5.69 Å². The summed E-state index contributed by atoms with van der Waals surface area (Å²) in [6.45, 7) is 6.48. The van der Waals surface area contributed by atoms with Crippen LogP contribution in [-0.2, 0) is 0 Å². The number of benzene rings is 1. The van der Waals surface area contributed by atoms with E-state index in [4.69, 9.17) is 0 Å². The molecule has 1 aliphatic rings. The lowest BCUT2D eigenvalue weighted by Crippen LogP contribution is -2.22. The first-order valence-electron chi connectivity index (χ1n) is 6.47. The largest absolute Gasteiger partial charge is 0.385 e. The van der Waals surface area contributed by atoms with Crippen molar-refractivity contribution < 1.29 is 4.39 Å². The SMILES string of the molecule is Cc1cc(F)cc(NCCCN2CCCC2)c1. The maximum atomic E-state index is 13.1. The lowest BCUT2D eigenvalue weighted by Gasteiger charge is -2.14. The van der Waals surface area contributed by atoms with Crippen molar-refractivity contribution in [3.05, 3.63) is 29.6 Å². The highest BCUT2D eigenvalue weighted by Gasteiger charge is 2.09. The van der Waals surface area contributed by atoms with Gasteiger partial charge in [-0.05, 0) is 69.6 Å². The molecule has 0 atom stereocenters. The van der Waals surface area contributed by atoms with Crippen molar-refractivity contribution in [3.63, 3.8) is 0 Å². The zero-order valence-electron chi connectivity index (χ0n) is 10.5. The first-order valence-corrected chi connectivity index (χ1v) is 6.47. The molecule has 1 aromatic rings. The summed E-state index contributed by atoms with van der Waals surface area (Å²) < 4.78 is 13.1. The second kappa shape index (κ2) is 6.01. The Kier molecular flexibility index (Phi) is 4.37. The minimum absolute atomic E-state index is 0.160. The van der Waals surface area contributed by atoms with Crippen LogP contribution in [-0.4, -0.2) is 31.1 Å². The molecule has 1 saturated heterocycles. The molecule has 1 N–H and O–H groups in total. The van der Waals surface area contributed by atoms with Gasteiger partial charge in [-0.15, -0.1) is 0 Å². The smallest absolute Gasteiger partial charge is 0.125 e. The maximum absolute atomic E-state index is 13.1. The third-order valence-corrected chi connectivity index (χ3v) is 3.22. The number of hydrogen-bond donors (Lipinski definition) is 1. The fourth-order valence-electron chi connectivity index (χ4n) is 2.38. The topological polar surface area (TPSA) is 15.3 Å². The highest BCUT2D eigenvalue weighted by atomic mass is 19.1. The molecule has 94 valence electrons. The van der Waals surface area contributed by atoms with E-state index in [1.807, 2.05) is 13.0 Å². The van der Waals surface area contributed by atoms with E-state index < -0.39 is 0 Å². The number of nitrogens with one attached hydrogen (secondary N) is 1. The van der Waals surface area contributed by atoms with E-state index in [0.29, 0.717) is 0 Å². The zero-order valence-corrected chi connectivity index (χ0v) is 10.5. The van der Waals surface area contributed by atoms with Gasteiger partial charge in [-0.2, -0.15) is 0 Å². The fourth-order valence-corrected chi connectivity index (χ4v) is 2.38. The quantitative estimate of drug-likeness (QED) is 0.791. The molecule has 0 aromatic heterocycles. The van der Waals surface area contributed by atoms with E-state index in [-0.39, 0.29) is 5.82 Å². The molecule has 0 amide bonds. The van der Waals surface area contributed by atoms with Gasteiger partial charge in [0.15, 0.2) is 0 Å². The fraction of sp³-hybridized carbons (Fsp3) is 0.571. The van der Waals surface area contributed by atoms with Crippen LogP contribution in [0, 0.1) is 12.7 Å². The summed E-state index contributed by atoms with van der Waals surface area (Å²) in [5.74, 6) is -0.160. The van der Waals surface area contributed by atoms with Crippen molar-refractivity contribution in [2.24, 2.45) is 0 Å². The van der Waals surface area contributed by atoms with Gasteiger partial charge in [0, 0.05) is 12.2 Å². The van der Waals surface area contributed by atoms with Gasteiger partial charge in [-0.25, -0.2) is 4.39 Å². The first kappa shape index (κ1) is 12.4. The number of halogens is 1. The third kappa shape index (κ3) is 4.00. The van der Waals surface area contributed by atoms with Crippen molar-refractivity contribution in [3.8, 4) is 0 Å². The van der Waals surface area contributed by atoms with Gasteiger partial charge in [0.05, 0.1) is 0 Å². The molecule has 1 fully saturated rings. The van der Waals surface area contributed by atoms with Crippen molar-refractivity contribution in [2.45, 2.75) is 26.2 Å². The van der Waals surface area contributed by atoms with Crippen molar-refractivity contribution in [1.29, 1.82) is 0 Å². The van der Waals surface area contributed by atoms with Gasteiger partial charge in [0.25, 0.3) is 0 Å². The lowest BCUT2D eigenvalue weighted by atomic mass is 10.2. The standard InChI is InChI=1S/C14H21FN2/c1-12-9-13(15)11-14(10-12)16-5-4-8-17-6-2-3-7-17/h9-11,16H,2-8H2,1H3. The van der Waals surface area contributed by atoms with Gasteiger partial charge in [0.1, 0.15) is 5.82 Å². The Hall–Kier alpha value is -1.09. The Bertz CT molecular complexity index is 339. The Balaban J connectivity index is 1.70. The minimum atomic E-state index is -0.160. The van der Waals surface area contributed by atoms with Gasteiger partial charge in [0.2, 0.25) is 0 Å². The van der Waals surface area contributed by atoms with E-state index in [0.717, 1.165) is 30.8 Å². The predicted octanol–water partition coefficient (Wildman–Crippen LogP) is 3.03. The second-order valence-corrected chi connectivity index (χ2v) is 4.85. The van der Waals surface area contributed by atoms with Gasteiger partial charge >= 0.3 is 0 Å². The molecule has 0 unspecified atom stereocenters. The van der Waals surface area contributed by atoms with Crippen LogP contribution in [0.3, 0.4) is 0 Å². The van der Waals surface area contributed by atoms with Crippen molar-refractivity contribution in [1.82, 2.24) is 4.90 Å². The number of anilines is 1. The van der Waals surface area contributed by atoms with E-state index in [2.05, 4.69) is 10.2 Å². The molecule has 0 radical (unpaired) electrons. The number of aryl methyl sites for hydroxylation is 1. The molecule has 0 spiro atoms.